The van der Waals surface area contributed by atoms with Crippen LogP contribution in [-0.4, -0.2) is 49.9 Å². The molecule has 2 aromatic carbocycles. The molecule has 2 atom stereocenters. The number of nitrogens with two attached hydrogens (primary N) is 1. The molecule has 0 bridgehead atoms. The number of benzene rings is 2. The lowest BCUT2D eigenvalue weighted by atomic mass is 10.0. The van der Waals surface area contributed by atoms with Gasteiger partial charge in [0.25, 0.3) is 5.95 Å². The molecule has 1 aliphatic heterocycles. The number of anilines is 1. The first-order valence-corrected chi connectivity index (χ1v) is 11.5. The molecule has 1 aliphatic rings. The molecule has 184 valence electrons. The van der Waals surface area contributed by atoms with Gasteiger partial charge in [-0.05, 0) is 60.5 Å². The van der Waals surface area contributed by atoms with Gasteiger partial charge >= 0.3 is 5.69 Å². The number of amidine groups is 1. The molecule has 0 spiro atoms. The number of H-pyrrole nitrogens is 1. The third kappa shape index (κ3) is 5.10. The molecule has 2 aromatic heterocycles. The highest BCUT2D eigenvalue weighted by Crippen LogP contribution is 2.29. The molecule has 0 saturated carbocycles. The summed E-state index contributed by atoms with van der Waals surface area (Å²) in [5.74, 6) is 1.25. The zero-order valence-electron chi connectivity index (χ0n) is 19.6. The fourth-order valence-electron chi connectivity index (χ4n) is 4.04. The van der Waals surface area contributed by atoms with Gasteiger partial charge in [0.2, 0.25) is 0 Å². The van der Waals surface area contributed by atoms with Crippen LogP contribution in [0.5, 0.6) is 5.75 Å². The monoisotopic (exact) mass is 486 g/mol. The molecule has 1 fully saturated rings. The first kappa shape index (κ1) is 23.2. The number of hydrogen-bond acceptors (Lipinski definition) is 8. The number of hydrogen-bond donors (Lipinski definition) is 4. The third-order valence-electron chi connectivity index (χ3n) is 5.75. The Bertz CT molecular complexity index is 1410. The fourth-order valence-corrected chi connectivity index (χ4v) is 4.04. The largest absolute Gasteiger partial charge is 0.488 e. The van der Waals surface area contributed by atoms with Crippen LogP contribution in [0.15, 0.2) is 65.7 Å². The maximum atomic E-state index is 12.8. The molecule has 36 heavy (non-hydrogen) atoms. The minimum absolute atomic E-state index is 0.000529. The van der Waals surface area contributed by atoms with Crippen molar-refractivity contribution in [2.24, 2.45) is 5.73 Å². The number of aromatic amines is 1. The van der Waals surface area contributed by atoms with E-state index in [0.29, 0.717) is 30.4 Å². The molecular weight excluding hydrogens is 460 g/mol. The van der Waals surface area contributed by atoms with Gasteiger partial charge in [-0.25, -0.2) is 14.8 Å². The van der Waals surface area contributed by atoms with Crippen molar-refractivity contribution in [2.75, 3.05) is 18.5 Å². The van der Waals surface area contributed by atoms with Crippen LogP contribution in [0.3, 0.4) is 0 Å². The van der Waals surface area contributed by atoms with Crippen molar-refractivity contribution in [2.45, 2.75) is 25.5 Å². The molecular formula is C25H26N8O3. The number of nitrogens with zero attached hydrogens (tertiary/aromatic N) is 4. The summed E-state index contributed by atoms with van der Waals surface area (Å²) in [6.45, 7) is 3.23. The summed E-state index contributed by atoms with van der Waals surface area (Å²) < 4.78 is 12.7. The summed E-state index contributed by atoms with van der Waals surface area (Å²) in [6.07, 6.45) is 3.93. The van der Waals surface area contributed by atoms with Gasteiger partial charge in [-0.2, -0.15) is 0 Å². The van der Waals surface area contributed by atoms with Gasteiger partial charge in [0.1, 0.15) is 23.7 Å². The summed E-state index contributed by atoms with van der Waals surface area (Å²) in [5.41, 5.74) is 8.34. The van der Waals surface area contributed by atoms with Gasteiger partial charge in [-0.3, -0.25) is 10.4 Å². The third-order valence-corrected chi connectivity index (χ3v) is 5.75. The minimum atomic E-state index is -0.534. The summed E-state index contributed by atoms with van der Waals surface area (Å²) >= 11 is 0. The number of rotatable bonds is 8. The molecule has 11 nitrogen and oxygen atoms in total. The highest BCUT2D eigenvalue weighted by molar-refractivity contribution is 5.95. The van der Waals surface area contributed by atoms with Crippen molar-refractivity contribution < 1.29 is 9.47 Å². The van der Waals surface area contributed by atoms with Gasteiger partial charge in [0.15, 0.2) is 5.82 Å². The van der Waals surface area contributed by atoms with E-state index in [2.05, 4.69) is 25.4 Å². The molecule has 1 unspecified atom stereocenters. The van der Waals surface area contributed by atoms with Crippen LogP contribution >= 0.6 is 0 Å². The summed E-state index contributed by atoms with van der Waals surface area (Å²) in [6, 6.07) is 14.2. The predicted molar refractivity (Wildman–Crippen MR) is 134 cm³/mol. The lowest BCUT2D eigenvalue weighted by Gasteiger charge is -2.21. The zero-order chi connectivity index (χ0) is 25.1. The van der Waals surface area contributed by atoms with Crippen LogP contribution in [0.2, 0.25) is 0 Å². The van der Waals surface area contributed by atoms with E-state index in [4.69, 9.17) is 20.6 Å². The maximum absolute atomic E-state index is 12.8. The van der Waals surface area contributed by atoms with E-state index in [-0.39, 0.29) is 17.9 Å². The number of nitrogens with one attached hydrogen (secondary N) is 3. The van der Waals surface area contributed by atoms with E-state index in [1.54, 1.807) is 30.6 Å². The average molecular weight is 487 g/mol. The van der Waals surface area contributed by atoms with Crippen LogP contribution in [0, 0.1) is 12.3 Å². The standard InChI is InChI=1S/C25H26N8O3/c1-15-11-17(13-20(12-15)36-19-7-10-35-14-19)21(30-18-5-3-16(4-6-18)22(26)27)23-31-25(34)33(32-23)24-28-8-2-9-29-24/h2-6,8-9,11-13,19,21,30H,7,10,14H2,1H3,(H3,26,27)(H,31,32,34)/t19-,21?/m1/s1. The van der Waals surface area contributed by atoms with Gasteiger partial charge in [0, 0.05) is 30.1 Å². The van der Waals surface area contributed by atoms with E-state index in [9.17, 15) is 4.79 Å². The second-order valence-corrected chi connectivity index (χ2v) is 8.53. The first-order valence-electron chi connectivity index (χ1n) is 11.5. The van der Waals surface area contributed by atoms with Crippen molar-refractivity contribution in [3.63, 3.8) is 0 Å². The van der Waals surface area contributed by atoms with Crippen LogP contribution in [0.1, 0.15) is 35.0 Å². The Morgan fingerprint density at radius 3 is 2.72 bits per heavy atom. The highest BCUT2D eigenvalue weighted by atomic mass is 16.5. The minimum Gasteiger partial charge on any atom is -0.488 e. The Kier molecular flexibility index (Phi) is 6.46. The topological polar surface area (TPSA) is 157 Å². The van der Waals surface area contributed by atoms with Crippen LogP contribution in [-0.2, 0) is 4.74 Å². The SMILES string of the molecule is Cc1cc(O[C@@H]2CCOC2)cc(C(Nc2ccc(C(=N)N)cc2)c2nn(-c3ncccn3)c(=O)[nH]2)c1. The van der Waals surface area contributed by atoms with Crippen LogP contribution in [0.25, 0.3) is 5.95 Å². The van der Waals surface area contributed by atoms with E-state index in [1.165, 1.54) is 0 Å². The van der Waals surface area contributed by atoms with E-state index in [1.807, 2.05) is 37.3 Å². The van der Waals surface area contributed by atoms with Gasteiger partial charge in [-0.15, -0.1) is 9.78 Å². The average Bonchev–Trinajstić information content (AvgIpc) is 3.52. The number of aromatic nitrogens is 5. The second-order valence-electron chi connectivity index (χ2n) is 8.53. The zero-order valence-corrected chi connectivity index (χ0v) is 19.6. The predicted octanol–water partition coefficient (Wildman–Crippen LogP) is 2.31. The second kappa shape index (κ2) is 10.0. The van der Waals surface area contributed by atoms with Crippen molar-refractivity contribution in [1.82, 2.24) is 24.7 Å². The summed E-state index contributed by atoms with van der Waals surface area (Å²) in [4.78, 5) is 23.9. The molecule has 5 rings (SSSR count). The molecule has 3 heterocycles. The van der Waals surface area contributed by atoms with Crippen molar-refractivity contribution in [3.8, 4) is 11.7 Å². The Morgan fingerprint density at radius 2 is 2.03 bits per heavy atom. The number of aryl methyl sites for hydroxylation is 1. The smallest absolute Gasteiger partial charge is 0.350 e. The molecule has 4 aromatic rings. The van der Waals surface area contributed by atoms with Gasteiger partial charge in [-0.1, -0.05) is 6.07 Å². The molecule has 5 N–H and O–H groups in total. The van der Waals surface area contributed by atoms with Crippen molar-refractivity contribution in [3.05, 3.63) is 93.9 Å². The summed E-state index contributed by atoms with van der Waals surface area (Å²) in [7, 11) is 0. The fraction of sp³-hybridized carbons (Fsp3) is 0.240. The van der Waals surface area contributed by atoms with Crippen molar-refractivity contribution >= 4 is 11.5 Å². The normalized spacial score (nSPS) is 16.0. The summed E-state index contributed by atoms with van der Waals surface area (Å²) in [5, 5.41) is 15.6. The lowest BCUT2D eigenvalue weighted by Crippen LogP contribution is -2.18. The van der Waals surface area contributed by atoms with E-state index < -0.39 is 11.7 Å². The maximum Gasteiger partial charge on any atom is 0.350 e. The Balaban J connectivity index is 1.54. The van der Waals surface area contributed by atoms with Crippen LogP contribution < -0.4 is 21.5 Å². The molecule has 1 saturated heterocycles. The molecule has 0 amide bonds. The lowest BCUT2D eigenvalue weighted by molar-refractivity contribution is 0.141. The molecule has 0 radical (unpaired) electrons. The van der Waals surface area contributed by atoms with Gasteiger partial charge < -0.3 is 20.5 Å². The molecule has 11 heteroatoms. The van der Waals surface area contributed by atoms with E-state index >= 15 is 0 Å². The quantitative estimate of drug-likeness (QED) is 0.218. The Hall–Kier alpha value is -4.51. The Morgan fingerprint density at radius 1 is 1.25 bits per heavy atom. The number of nitrogen functional groups attached to an aromatic ring is 1. The van der Waals surface area contributed by atoms with E-state index in [0.717, 1.165) is 27.9 Å². The first-order chi connectivity index (χ1) is 17.5. The Labute approximate surface area is 206 Å². The molecule has 0 aliphatic carbocycles. The number of ether oxygens (including phenoxy) is 2. The van der Waals surface area contributed by atoms with Gasteiger partial charge in [0.05, 0.1) is 13.2 Å². The highest BCUT2D eigenvalue weighted by Gasteiger charge is 2.23. The van der Waals surface area contributed by atoms with Crippen molar-refractivity contribution in [1.29, 1.82) is 5.41 Å². The van der Waals surface area contributed by atoms with Crippen LogP contribution in [0.4, 0.5) is 5.69 Å².